The first-order valence-corrected chi connectivity index (χ1v) is 7.21. The van der Waals surface area contributed by atoms with Gasteiger partial charge in [0.15, 0.2) is 0 Å². The van der Waals surface area contributed by atoms with Crippen molar-refractivity contribution in [3.63, 3.8) is 0 Å². The quantitative estimate of drug-likeness (QED) is 0.905. The summed E-state index contributed by atoms with van der Waals surface area (Å²) in [4.78, 5) is 20.1. The summed E-state index contributed by atoms with van der Waals surface area (Å²) < 4.78 is 0.494. The number of hydrogen-bond donors (Lipinski definition) is 1. The molecule has 0 bridgehead atoms. The second kappa shape index (κ2) is 6.30. The molecule has 1 atom stereocenters. The number of nitrogens with zero attached hydrogens (tertiary/aromatic N) is 2. The Balaban J connectivity index is 2.83. The molecule has 6 heteroatoms. The van der Waals surface area contributed by atoms with Gasteiger partial charge in [-0.05, 0) is 41.3 Å². The van der Waals surface area contributed by atoms with Crippen molar-refractivity contribution in [3.8, 4) is 0 Å². The van der Waals surface area contributed by atoms with Crippen LogP contribution in [0.25, 0.3) is 0 Å². The Morgan fingerprint density at radius 2 is 2.38 bits per heavy atom. The first kappa shape index (κ1) is 13.6. The van der Waals surface area contributed by atoms with Gasteiger partial charge in [-0.25, -0.2) is 4.98 Å². The molecule has 4 nitrogen and oxygen atoms in total. The van der Waals surface area contributed by atoms with E-state index in [0.29, 0.717) is 16.3 Å². The van der Waals surface area contributed by atoms with E-state index in [0.717, 1.165) is 12.2 Å². The zero-order valence-corrected chi connectivity index (χ0v) is 12.1. The number of aromatic amines is 1. The highest BCUT2D eigenvalue weighted by atomic mass is 79.9. The molecule has 90 valence electrons. The van der Waals surface area contributed by atoms with Crippen molar-refractivity contribution in [2.45, 2.75) is 19.4 Å². The van der Waals surface area contributed by atoms with Crippen LogP contribution in [-0.2, 0) is 0 Å². The van der Waals surface area contributed by atoms with Crippen LogP contribution < -0.4 is 10.5 Å². The van der Waals surface area contributed by atoms with Crippen LogP contribution in [0.4, 0.5) is 5.82 Å². The average Bonchev–Trinajstić information content (AvgIpc) is 2.28. The number of rotatable bonds is 5. The van der Waals surface area contributed by atoms with Gasteiger partial charge in [0.2, 0.25) is 0 Å². The van der Waals surface area contributed by atoms with Crippen molar-refractivity contribution in [2.75, 3.05) is 24.0 Å². The molecule has 0 radical (unpaired) electrons. The number of nitrogens with one attached hydrogen (secondary N) is 1. The Morgan fingerprint density at radius 1 is 1.69 bits per heavy atom. The summed E-state index contributed by atoms with van der Waals surface area (Å²) in [6.45, 7) is 2.13. The molecule has 0 spiro atoms. The summed E-state index contributed by atoms with van der Waals surface area (Å²) >= 11 is 5.09. The van der Waals surface area contributed by atoms with Gasteiger partial charge in [0.05, 0.1) is 6.33 Å². The molecule has 0 amide bonds. The summed E-state index contributed by atoms with van der Waals surface area (Å²) in [7, 11) is 1.96. The smallest absolute Gasteiger partial charge is 0.267 e. The minimum Gasteiger partial charge on any atom is -0.356 e. The Morgan fingerprint density at radius 3 is 3.00 bits per heavy atom. The van der Waals surface area contributed by atoms with Gasteiger partial charge in [0.25, 0.3) is 5.56 Å². The zero-order chi connectivity index (χ0) is 12.1. The molecule has 1 rings (SSSR count). The van der Waals surface area contributed by atoms with Crippen LogP contribution in [0.15, 0.2) is 15.6 Å². The first-order chi connectivity index (χ1) is 7.57. The lowest BCUT2D eigenvalue weighted by atomic mass is 10.2. The molecule has 1 N–H and O–H groups in total. The topological polar surface area (TPSA) is 49.0 Å². The van der Waals surface area contributed by atoms with Gasteiger partial charge in [-0.15, -0.1) is 0 Å². The van der Waals surface area contributed by atoms with Crippen LogP contribution in [-0.4, -0.2) is 35.1 Å². The second-order valence-electron chi connectivity index (χ2n) is 3.61. The standard InChI is InChI=1S/C10H16BrN3OS/c1-7(4-5-16-3)14(2)9-8(11)10(15)13-6-12-9/h6-7H,4-5H2,1-3H3,(H,12,13,15). The van der Waals surface area contributed by atoms with Crippen LogP contribution in [0.5, 0.6) is 0 Å². The fraction of sp³-hybridized carbons (Fsp3) is 0.600. The van der Waals surface area contributed by atoms with Crippen molar-refractivity contribution >= 4 is 33.5 Å². The average molecular weight is 306 g/mol. The molecular weight excluding hydrogens is 290 g/mol. The molecular formula is C10H16BrN3OS. The molecule has 16 heavy (non-hydrogen) atoms. The van der Waals surface area contributed by atoms with Gasteiger partial charge < -0.3 is 9.88 Å². The van der Waals surface area contributed by atoms with Crippen molar-refractivity contribution in [2.24, 2.45) is 0 Å². The minimum atomic E-state index is -0.145. The summed E-state index contributed by atoms with van der Waals surface area (Å²) in [5.41, 5.74) is -0.145. The van der Waals surface area contributed by atoms with Crippen LogP contribution in [0.2, 0.25) is 0 Å². The highest BCUT2D eigenvalue weighted by Gasteiger charge is 2.15. The molecule has 0 aliphatic heterocycles. The summed E-state index contributed by atoms with van der Waals surface area (Å²) in [5.74, 6) is 1.80. The van der Waals surface area contributed by atoms with Crippen molar-refractivity contribution < 1.29 is 0 Å². The third-order valence-electron chi connectivity index (χ3n) is 2.51. The predicted molar refractivity (Wildman–Crippen MR) is 73.4 cm³/mol. The Kier molecular flexibility index (Phi) is 5.34. The second-order valence-corrected chi connectivity index (χ2v) is 5.39. The maximum atomic E-state index is 11.4. The van der Waals surface area contributed by atoms with Gasteiger partial charge in [0.1, 0.15) is 10.3 Å². The van der Waals surface area contributed by atoms with E-state index >= 15 is 0 Å². The van der Waals surface area contributed by atoms with E-state index in [1.165, 1.54) is 6.33 Å². The maximum absolute atomic E-state index is 11.4. The van der Waals surface area contributed by atoms with E-state index in [4.69, 9.17) is 0 Å². The van der Waals surface area contributed by atoms with Gasteiger partial charge in [-0.2, -0.15) is 11.8 Å². The molecule has 0 fully saturated rings. The van der Waals surface area contributed by atoms with E-state index in [9.17, 15) is 4.79 Å². The van der Waals surface area contributed by atoms with Gasteiger partial charge in [-0.1, -0.05) is 0 Å². The molecule has 0 aliphatic carbocycles. The highest BCUT2D eigenvalue weighted by Crippen LogP contribution is 2.20. The molecule has 0 aliphatic rings. The lowest BCUT2D eigenvalue weighted by molar-refractivity contribution is 0.659. The molecule has 0 saturated heterocycles. The van der Waals surface area contributed by atoms with E-state index in [2.05, 4.69) is 39.1 Å². The molecule has 1 aromatic heterocycles. The first-order valence-electron chi connectivity index (χ1n) is 5.03. The molecule has 1 aromatic rings. The summed E-state index contributed by atoms with van der Waals surface area (Å²) in [6.07, 6.45) is 4.59. The fourth-order valence-corrected chi connectivity index (χ4v) is 2.38. The highest BCUT2D eigenvalue weighted by molar-refractivity contribution is 9.10. The minimum absolute atomic E-state index is 0.145. The molecule has 0 aromatic carbocycles. The zero-order valence-electron chi connectivity index (χ0n) is 9.66. The number of hydrogen-bond acceptors (Lipinski definition) is 4. The SMILES string of the molecule is CSCCC(C)N(C)c1nc[nH]c(=O)c1Br. The largest absolute Gasteiger partial charge is 0.356 e. The molecule has 1 heterocycles. The van der Waals surface area contributed by atoms with E-state index in [1.54, 1.807) is 0 Å². The van der Waals surface area contributed by atoms with Gasteiger partial charge in [0, 0.05) is 13.1 Å². The molecule has 1 unspecified atom stereocenters. The van der Waals surface area contributed by atoms with Crippen LogP contribution in [0.3, 0.4) is 0 Å². The lowest BCUT2D eigenvalue weighted by Crippen LogP contribution is -2.31. The van der Waals surface area contributed by atoms with Gasteiger partial charge in [-0.3, -0.25) is 4.79 Å². The van der Waals surface area contributed by atoms with Crippen LogP contribution >= 0.6 is 27.7 Å². The number of halogens is 1. The van der Waals surface area contributed by atoms with Crippen molar-refractivity contribution in [1.29, 1.82) is 0 Å². The monoisotopic (exact) mass is 305 g/mol. The summed E-state index contributed by atoms with van der Waals surface area (Å²) in [6, 6.07) is 0.359. The number of H-pyrrole nitrogens is 1. The number of aromatic nitrogens is 2. The Hall–Kier alpha value is -0.490. The number of thioether (sulfide) groups is 1. The van der Waals surface area contributed by atoms with E-state index in [1.807, 2.05) is 23.7 Å². The Bertz CT molecular complexity index is 396. The van der Waals surface area contributed by atoms with E-state index in [-0.39, 0.29) is 5.56 Å². The third-order valence-corrected chi connectivity index (χ3v) is 3.87. The summed E-state index contributed by atoms with van der Waals surface area (Å²) in [5, 5.41) is 0. The fourth-order valence-electron chi connectivity index (χ4n) is 1.31. The predicted octanol–water partition coefficient (Wildman–Crippen LogP) is 2.11. The lowest BCUT2D eigenvalue weighted by Gasteiger charge is -2.26. The maximum Gasteiger partial charge on any atom is 0.267 e. The molecule has 0 saturated carbocycles. The normalized spacial score (nSPS) is 12.5. The third kappa shape index (κ3) is 3.25. The van der Waals surface area contributed by atoms with Crippen LogP contribution in [0.1, 0.15) is 13.3 Å². The van der Waals surface area contributed by atoms with Crippen molar-refractivity contribution in [1.82, 2.24) is 9.97 Å². The van der Waals surface area contributed by atoms with Crippen molar-refractivity contribution in [3.05, 3.63) is 21.2 Å². The Labute approximate surface area is 108 Å². The number of anilines is 1. The van der Waals surface area contributed by atoms with E-state index < -0.39 is 0 Å². The van der Waals surface area contributed by atoms with Gasteiger partial charge >= 0.3 is 0 Å². The van der Waals surface area contributed by atoms with Crippen LogP contribution in [0, 0.1) is 0 Å².